The Kier molecular flexibility index (Phi) is 8.04. The minimum Gasteiger partial charge on any atom is -0.492 e. The van der Waals surface area contributed by atoms with Crippen LogP contribution in [0.4, 0.5) is 0 Å². The van der Waals surface area contributed by atoms with Crippen molar-refractivity contribution in [3.05, 3.63) is 56.5 Å². The molecule has 0 aromatic heterocycles. The van der Waals surface area contributed by atoms with Gasteiger partial charge in [0.05, 0.1) is 22.2 Å². The number of hydrogen-bond acceptors (Lipinski definition) is 2. The van der Waals surface area contributed by atoms with Crippen molar-refractivity contribution in [3.8, 4) is 11.5 Å². The predicted octanol–water partition coefficient (Wildman–Crippen LogP) is 8.04. The van der Waals surface area contributed by atoms with Crippen LogP contribution in [0, 0.1) is 0 Å². The number of halogens is 2. The van der Waals surface area contributed by atoms with Crippen LogP contribution in [0.3, 0.4) is 0 Å². The predicted molar refractivity (Wildman–Crippen MR) is 126 cm³/mol. The molecule has 0 spiro atoms. The Bertz CT molecular complexity index is 719. The van der Waals surface area contributed by atoms with Crippen molar-refractivity contribution in [1.29, 1.82) is 0 Å². The fourth-order valence-corrected chi connectivity index (χ4v) is 3.72. The topological polar surface area (TPSA) is 18.5 Å². The summed E-state index contributed by atoms with van der Waals surface area (Å²) >= 11 is 7.25. The van der Waals surface area contributed by atoms with E-state index < -0.39 is 0 Å². The average Bonchev–Trinajstić information content (AvgIpc) is 2.58. The van der Waals surface area contributed by atoms with E-state index in [2.05, 4.69) is 110 Å². The van der Waals surface area contributed by atoms with Crippen LogP contribution in [0.1, 0.15) is 65.5 Å². The zero-order chi connectivity index (χ0) is 20.9. The molecule has 2 aromatic carbocycles. The summed E-state index contributed by atoms with van der Waals surface area (Å²) in [6.45, 7) is 14.6. The fraction of sp³-hybridized carbons (Fsp3) is 0.500. The Hall–Kier alpha value is -1.000. The van der Waals surface area contributed by atoms with Gasteiger partial charge in [0, 0.05) is 0 Å². The summed E-state index contributed by atoms with van der Waals surface area (Å²) in [5.41, 5.74) is 2.86. The number of hydrogen-bond donors (Lipinski definition) is 0. The lowest BCUT2D eigenvalue weighted by Crippen LogP contribution is -2.11. The third-order valence-corrected chi connectivity index (χ3v) is 5.89. The summed E-state index contributed by atoms with van der Waals surface area (Å²) in [7, 11) is 0. The molecule has 154 valence electrons. The molecular formula is C24H32Br2O2. The van der Waals surface area contributed by atoms with E-state index >= 15 is 0 Å². The molecule has 0 saturated heterocycles. The second-order valence-corrected chi connectivity index (χ2v) is 10.9. The highest BCUT2D eigenvalue weighted by atomic mass is 79.9. The Labute approximate surface area is 187 Å². The maximum absolute atomic E-state index is 5.92. The highest BCUT2D eigenvalue weighted by Crippen LogP contribution is 2.32. The van der Waals surface area contributed by atoms with E-state index in [-0.39, 0.29) is 10.8 Å². The fourth-order valence-electron chi connectivity index (χ4n) is 2.74. The monoisotopic (exact) mass is 510 g/mol. The molecule has 0 aliphatic carbocycles. The van der Waals surface area contributed by atoms with Crippen LogP contribution in [0.5, 0.6) is 11.5 Å². The molecule has 0 aliphatic rings. The van der Waals surface area contributed by atoms with Gasteiger partial charge >= 0.3 is 0 Å². The van der Waals surface area contributed by atoms with Crippen molar-refractivity contribution in [2.24, 2.45) is 0 Å². The van der Waals surface area contributed by atoms with Crippen LogP contribution in [0.15, 0.2) is 45.3 Å². The molecule has 0 fully saturated rings. The lowest BCUT2D eigenvalue weighted by molar-refractivity contribution is 0.264. The summed E-state index contributed by atoms with van der Waals surface area (Å²) in [6, 6.07) is 12.7. The average molecular weight is 512 g/mol. The van der Waals surface area contributed by atoms with E-state index in [1.807, 2.05) is 0 Å². The minimum absolute atomic E-state index is 0.137. The molecule has 4 heteroatoms. The molecule has 2 nitrogen and oxygen atoms in total. The van der Waals surface area contributed by atoms with Crippen LogP contribution < -0.4 is 9.47 Å². The van der Waals surface area contributed by atoms with Crippen molar-refractivity contribution < 1.29 is 9.47 Å². The third-order valence-electron chi connectivity index (χ3n) is 4.65. The first kappa shape index (κ1) is 23.3. The quantitative estimate of drug-likeness (QED) is 0.350. The zero-order valence-corrected chi connectivity index (χ0v) is 21.0. The number of unbranched alkanes of at least 4 members (excludes halogenated alkanes) is 1. The molecule has 0 atom stereocenters. The SMILES string of the molecule is CC(C)(C)c1ccc(OCCCCOc2ccc(C(C)(C)C)cc2Br)c(Br)c1. The molecule has 0 saturated carbocycles. The van der Waals surface area contributed by atoms with Crippen LogP contribution in [0.25, 0.3) is 0 Å². The second-order valence-electron chi connectivity index (χ2n) is 9.19. The Morgan fingerprint density at radius 2 is 1.00 bits per heavy atom. The molecule has 0 N–H and O–H groups in total. The maximum atomic E-state index is 5.92. The zero-order valence-electron chi connectivity index (χ0n) is 17.9. The van der Waals surface area contributed by atoms with Gasteiger partial charge in [-0.2, -0.15) is 0 Å². The van der Waals surface area contributed by atoms with Crippen LogP contribution in [-0.2, 0) is 10.8 Å². The van der Waals surface area contributed by atoms with Gasteiger partial charge in [-0.15, -0.1) is 0 Å². The largest absolute Gasteiger partial charge is 0.492 e. The third kappa shape index (κ3) is 6.81. The highest BCUT2D eigenvalue weighted by molar-refractivity contribution is 9.10. The van der Waals surface area contributed by atoms with Crippen LogP contribution >= 0.6 is 31.9 Å². The first-order valence-corrected chi connectivity index (χ1v) is 11.4. The van der Waals surface area contributed by atoms with E-state index in [0.717, 1.165) is 33.3 Å². The number of rotatable bonds is 7. The van der Waals surface area contributed by atoms with Crippen LogP contribution in [0.2, 0.25) is 0 Å². The van der Waals surface area contributed by atoms with Gasteiger partial charge in [-0.3, -0.25) is 0 Å². The molecule has 0 amide bonds. The Balaban J connectivity index is 1.75. The van der Waals surface area contributed by atoms with Gasteiger partial charge in [0.1, 0.15) is 11.5 Å². The number of ether oxygens (including phenoxy) is 2. The molecule has 0 heterocycles. The molecule has 28 heavy (non-hydrogen) atoms. The normalized spacial score (nSPS) is 12.1. The Morgan fingerprint density at radius 3 is 1.29 bits per heavy atom. The lowest BCUT2D eigenvalue weighted by Gasteiger charge is -2.20. The van der Waals surface area contributed by atoms with E-state index in [4.69, 9.17) is 9.47 Å². The highest BCUT2D eigenvalue weighted by Gasteiger charge is 2.16. The van der Waals surface area contributed by atoms with Crippen LogP contribution in [-0.4, -0.2) is 13.2 Å². The van der Waals surface area contributed by atoms with E-state index in [1.54, 1.807) is 0 Å². The van der Waals surface area contributed by atoms with Gasteiger partial charge in [-0.05, 0) is 90.9 Å². The van der Waals surface area contributed by atoms with Crippen molar-refractivity contribution in [2.75, 3.05) is 13.2 Å². The van der Waals surface area contributed by atoms with Gasteiger partial charge in [-0.25, -0.2) is 0 Å². The van der Waals surface area contributed by atoms with Crippen molar-refractivity contribution in [1.82, 2.24) is 0 Å². The van der Waals surface area contributed by atoms with E-state index in [9.17, 15) is 0 Å². The molecule has 2 rings (SSSR count). The standard InChI is InChI=1S/C24H32Br2O2/c1-23(2,3)17-9-11-21(19(25)15-17)27-13-7-8-14-28-22-12-10-18(16-20(22)26)24(4,5)6/h9-12,15-16H,7-8,13-14H2,1-6H3. The van der Waals surface area contributed by atoms with Gasteiger partial charge in [0.25, 0.3) is 0 Å². The molecular weight excluding hydrogens is 480 g/mol. The van der Waals surface area contributed by atoms with Crippen molar-refractivity contribution in [2.45, 2.75) is 65.2 Å². The number of benzene rings is 2. The summed E-state index contributed by atoms with van der Waals surface area (Å²) < 4.78 is 13.9. The van der Waals surface area contributed by atoms with Gasteiger partial charge < -0.3 is 9.47 Å². The van der Waals surface area contributed by atoms with Gasteiger partial charge in [-0.1, -0.05) is 53.7 Å². The molecule has 0 bridgehead atoms. The van der Waals surface area contributed by atoms with Crippen molar-refractivity contribution >= 4 is 31.9 Å². The maximum Gasteiger partial charge on any atom is 0.133 e. The molecule has 0 radical (unpaired) electrons. The first-order valence-electron chi connectivity index (χ1n) is 9.84. The van der Waals surface area contributed by atoms with E-state index in [0.29, 0.717) is 13.2 Å². The summed E-state index contributed by atoms with van der Waals surface area (Å²) in [4.78, 5) is 0. The smallest absolute Gasteiger partial charge is 0.133 e. The summed E-state index contributed by atoms with van der Waals surface area (Å²) in [6.07, 6.45) is 1.90. The molecule has 0 unspecified atom stereocenters. The summed E-state index contributed by atoms with van der Waals surface area (Å²) in [5.74, 6) is 1.80. The Morgan fingerprint density at radius 1 is 0.643 bits per heavy atom. The minimum atomic E-state index is 0.137. The van der Waals surface area contributed by atoms with Gasteiger partial charge in [0.2, 0.25) is 0 Å². The molecule has 2 aromatic rings. The molecule has 0 aliphatic heterocycles. The van der Waals surface area contributed by atoms with E-state index in [1.165, 1.54) is 11.1 Å². The lowest BCUT2D eigenvalue weighted by atomic mass is 9.87. The second kappa shape index (κ2) is 9.67. The first-order chi connectivity index (χ1) is 13.0. The van der Waals surface area contributed by atoms with Gasteiger partial charge in [0.15, 0.2) is 0 Å². The van der Waals surface area contributed by atoms with Crippen molar-refractivity contribution in [3.63, 3.8) is 0 Å². The summed E-state index contributed by atoms with van der Waals surface area (Å²) in [5, 5.41) is 0.